The number of ether oxygens (including phenoxy) is 1. The van der Waals surface area contributed by atoms with E-state index in [-0.39, 0.29) is 23.8 Å². The van der Waals surface area contributed by atoms with Gasteiger partial charge in [-0.25, -0.2) is 26.3 Å². The lowest BCUT2D eigenvalue weighted by atomic mass is 9.99. The number of halogens is 11. The van der Waals surface area contributed by atoms with Crippen LogP contribution in [0.4, 0.5) is 48.3 Å². The topological polar surface area (TPSA) is 22.1 Å². The lowest BCUT2D eigenvalue weighted by Gasteiger charge is -2.20. The van der Waals surface area contributed by atoms with Crippen LogP contribution in [0.5, 0.6) is 5.75 Å². The van der Waals surface area contributed by atoms with E-state index in [0.29, 0.717) is 35.5 Å². The number of unbranched alkanes of at least 4 members (excludes halogenated alkanes) is 2. The number of hydrogen-bond donors (Lipinski definition) is 0. The highest BCUT2D eigenvalue weighted by Gasteiger charge is 2.42. The standard InChI is InChI=1S/C36H24F11NO/c1-2-3-4-5-19-6-11-32(48-18-19)20-7-9-24(26(37)12-20)22-15-30(41)34(31(42)16-22)36(46,47)49-23-8-10-25(27(38)17-23)21-13-28(39)33(29(40)14-21)35(43,44)45/h6-18H,2-5H2,1H3. The summed E-state index contributed by atoms with van der Waals surface area (Å²) in [4.78, 5) is 4.34. The molecular formula is C36H24F11NO. The monoisotopic (exact) mass is 695 g/mol. The second kappa shape index (κ2) is 13.9. The number of hydrogen-bond acceptors (Lipinski definition) is 2. The molecule has 0 aliphatic rings. The van der Waals surface area contributed by atoms with E-state index in [2.05, 4.69) is 16.6 Å². The average molecular weight is 696 g/mol. The third kappa shape index (κ3) is 7.71. The molecule has 0 N–H and O–H groups in total. The Morgan fingerprint density at radius 2 is 1.10 bits per heavy atom. The Labute approximate surface area is 272 Å². The van der Waals surface area contributed by atoms with Crippen molar-refractivity contribution in [1.82, 2.24) is 4.98 Å². The molecule has 0 amide bonds. The molecule has 0 unspecified atom stereocenters. The normalized spacial score (nSPS) is 12.0. The predicted molar refractivity (Wildman–Crippen MR) is 159 cm³/mol. The fraction of sp³-hybridized carbons (Fsp3) is 0.194. The molecule has 0 aliphatic heterocycles. The zero-order valence-electron chi connectivity index (χ0n) is 25.3. The van der Waals surface area contributed by atoms with Crippen molar-refractivity contribution in [3.05, 3.63) is 131 Å². The molecule has 0 saturated heterocycles. The van der Waals surface area contributed by atoms with Gasteiger partial charge in [-0.3, -0.25) is 4.98 Å². The molecule has 2 nitrogen and oxygen atoms in total. The van der Waals surface area contributed by atoms with Crippen molar-refractivity contribution in [1.29, 1.82) is 0 Å². The number of nitrogens with zero attached hydrogens (tertiary/aromatic N) is 1. The summed E-state index contributed by atoms with van der Waals surface area (Å²) in [6.45, 7) is 2.09. The summed E-state index contributed by atoms with van der Waals surface area (Å²) in [6.07, 6.45) is -4.50. The fourth-order valence-corrected chi connectivity index (χ4v) is 5.23. The van der Waals surface area contributed by atoms with Gasteiger partial charge in [-0.15, -0.1) is 0 Å². The van der Waals surface area contributed by atoms with Gasteiger partial charge < -0.3 is 4.74 Å². The summed E-state index contributed by atoms with van der Waals surface area (Å²) in [5.41, 5.74) is -4.37. The third-order valence-electron chi connectivity index (χ3n) is 7.63. The zero-order chi connectivity index (χ0) is 35.7. The van der Waals surface area contributed by atoms with Crippen LogP contribution in [0.3, 0.4) is 0 Å². The summed E-state index contributed by atoms with van der Waals surface area (Å²) in [7, 11) is 0. The van der Waals surface area contributed by atoms with E-state index in [0.717, 1.165) is 37.3 Å². The smallest absolute Gasteiger partial charge is 0.429 e. The summed E-state index contributed by atoms with van der Waals surface area (Å²) in [6, 6.07) is 10.2. The molecule has 0 saturated carbocycles. The first-order chi connectivity index (χ1) is 23.1. The van der Waals surface area contributed by atoms with Crippen LogP contribution < -0.4 is 4.74 Å². The van der Waals surface area contributed by atoms with Crippen molar-refractivity contribution >= 4 is 0 Å². The minimum Gasteiger partial charge on any atom is -0.429 e. The molecule has 0 spiro atoms. The highest BCUT2D eigenvalue weighted by atomic mass is 19.4. The van der Waals surface area contributed by atoms with Crippen molar-refractivity contribution in [3.8, 4) is 39.3 Å². The molecule has 1 aromatic heterocycles. The Balaban J connectivity index is 1.36. The van der Waals surface area contributed by atoms with E-state index in [1.165, 1.54) is 12.1 Å². The molecule has 4 aromatic carbocycles. The number of benzene rings is 4. The maximum absolute atomic E-state index is 15.1. The van der Waals surface area contributed by atoms with Crippen LogP contribution in [0.25, 0.3) is 33.5 Å². The van der Waals surface area contributed by atoms with Gasteiger partial charge in [0.2, 0.25) is 0 Å². The fourth-order valence-electron chi connectivity index (χ4n) is 5.23. The number of alkyl halides is 5. The van der Waals surface area contributed by atoms with Crippen LogP contribution in [0.1, 0.15) is 42.9 Å². The molecule has 5 rings (SSSR count). The van der Waals surface area contributed by atoms with E-state index in [1.807, 2.05) is 6.07 Å². The number of rotatable bonds is 10. The Hall–Kier alpha value is -4.94. The first-order valence-corrected chi connectivity index (χ1v) is 14.8. The molecule has 5 aromatic rings. The molecule has 0 radical (unpaired) electrons. The molecule has 0 fully saturated rings. The summed E-state index contributed by atoms with van der Waals surface area (Å²) in [5, 5.41) is 0. The van der Waals surface area contributed by atoms with Gasteiger partial charge in [0.1, 0.15) is 51.8 Å². The van der Waals surface area contributed by atoms with E-state index in [4.69, 9.17) is 0 Å². The molecular weight excluding hydrogens is 671 g/mol. The SMILES string of the molecule is CCCCCc1ccc(-c2ccc(-c3cc(F)c(C(F)(F)Oc4ccc(-c5cc(F)c(C(F)(F)F)c(F)c5)c(F)c4)c(F)c3)c(F)c2)nc1. The van der Waals surface area contributed by atoms with Crippen molar-refractivity contribution in [2.75, 3.05) is 0 Å². The first-order valence-electron chi connectivity index (χ1n) is 14.8. The Kier molecular flexibility index (Phi) is 10.0. The zero-order valence-corrected chi connectivity index (χ0v) is 25.3. The van der Waals surface area contributed by atoms with Crippen molar-refractivity contribution in [2.45, 2.75) is 44.9 Å². The van der Waals surface area contributed by atoms with E-state index >= 15 is 22.0 Å². The van der Waals surface area contributed by atoms with Crippen LogP contribution >= 0.6 is 0 Å². The van der Waals surface area contributed by atoms with E-state index in [1.54, 1.807) is 12.3 Å². The van der Waals surface area contributed by atoms with Gasteiger partial charge in [0.05, 0.1) is 5.69 Å². The van der Waals surface area contributed by atoms with Gasteiger partial charge >= 0.3 is 12.3 Å². The Morgan fingerprint density at radius 3 is 1.59 bits per heavy atom. The van der Waals surface area contributed by atoms with Gasteiger partial charge in [-0.2, -0.15) is 22.0 Å². The molecule has 49 heavy (non-hydrogen) atoms. The molecule has 1 heterocycles. The van der Waals surface area contributed by atoms with Crippen molar-refractivity contribution in [2.24, 2.45) is 0 Å². The van der Waals surface area contributed by atoms with Crippen LogP contribution in [0, 0.1) is 34.9 Å². The van der Waals surface area contributed by atoms with E-state index < -0.39 is 80.8 Å². The van der Waals surface area contributed by atoms with Gasteiger partial charge in [-0.1, -0.05) is 38.0 Å². The quantitative estimate of drug-likeness (QED) is 0.107. The van der Waals surface area contributed by atoms with Gasteiger partial charge in [0.25, 0.3) is 0 Å². The number of aryl methyl sites for hydroxylation is 1. The highest BCUT2D eigenvalue weighted by Crippen LogP contribution is 2.40. The second-order valence-corrected chi connectivity index (χ2v) is 11.1. The minimum atomic E-state index is -5.38. The van der Waals surface area contributed by atoms with Crippen LogP contribution in [0.2, 0.25) is 0 Å². The van der Waals surface area contributed by atoms with Gasteiger partial charge in [0.15, 0.2) is 0 Å². The van der Waals surface area contributed by atoms with E-state index in [9.17, 15) is 26.3 Å². The maximum Gasteiger partial charge on any atom is 0.432 e. The molecule has 256 valence electrons. The van der Waals surface area contributed by atoms with Gasteiger partial charge in [0, 0.05) is 29.0 Å². The van der Waals surface area contributed by atoms with Gasteiger partial charge in [-0.05, 0) is 78.1 Å². The maximum atomic E-state index is 15.1. The van der Waals surface area contributed by atoms with Crippen molar-refractivity contribution in [3.63, 3.8) is 0 Å². The number of aromatic nitrogens is 1. The lowest BCUT2D eigenvalue weighted by Crippen LogP contribution is -2.25. The minimum absolute atomic E-state index is 0.200. The summed E-state index contributed by atoms with van der Waals surface area (Å²) < 4.78 is 161. The average Bonchev–Trinajstić information content (AvgIpc) is 2.99. The summed E-state index contributed by atoms with van der Waals surface area (Å²) in [5.74, 6) is -11.1. The van der Waals surface area contributed by atoms with Crippen LogP contribution in [-0.4, -0.2) is 4.98 Å². The molecule has 0 aliphatic carbocycles. The molecule has 0 bridgehead atoms. The highest BCUT2D eigenvalue weighted by molar-refractivity contribution is 5.70. The Morgan fingerprint density at radius 1 is 0.571 bits per heavy atom. The second-order valence-electron chi connectivity index (χ2n) is 11.1. The van der Waals surface area contributed by atoms with Crippen LogP contribution in [0.15, 0.2) is 79.0 Å². The van der Waals surface area contributed by atoms with Crippen molar-refractivity contribution < 1.29 is 53.0 Å². The Bertz CT molecular complexity index is 1940. The predicted octanol–water partition coefficient (Wildman–Crippen LogP) is 11.8. The third-order valence-corrected chi connectivity index (χ3v) is 7.63. The number of pyridine rings is 1. The lowest BCUT2D eigenvalue weighted by molar-refractivity contribution is -0.189. The largest absolute Gasteiger partial charge is 0.432 e. The first kappa shape index (κ1) is 35.4. The molecule has 13 heteroatoms. The van der Waals surface area contributed by atoms with Crippen LogP contribution in [-0.2, 0) is 18.7 Å². The summed E-state index contributed by atoms with van der Waals surface area (Å²) >= 11 is 0. The molecule has 0 atom stereocenters.